The van der Waals surface area contributed by atoms with Gasteiger partial charge in [-0.25, -0.2) is 14.2 Å². The number of nitrogens with zero attached hydrogens (tertiary/aromatic N) is 3. The fourth-order valence-electron chi connectivity index (χ4n) is 10.6. The van der Waals surface area contributed by atoms with Gasteiger partial charge in [0.15, 0.2) is 5.60 Å². The fraction of sp³-hybridized carbons (Fsp3) is 0.455. The molecule has 1 saturated carbocycles. The van der Waals surface area contributed by atoms with E-state index < -0.39 is 65.7 Å². The highest BCUT2D eigenvalue weighted by Crippen LogP contribution is 2.46. The van der Waals surface area contributed by atoms with E-state index in [0.717, 1.165) is 45.4 Å². The molecule has 0 saturated heterocycles. The Labute approximate surface area is 442 Å². The molecule has 2 aromatic carbocycles. The Morgan fingerprint density at radius 3 is 2.32 bits per heavy atom. The molecular formula is C55H62FN9O12. The normalized spacial score (nSPS) is 18.7. The van der Waals surface area contributed by atoms with Crippen molar-refractivity contribution in [3.05, 3.63) is 110 Å². The van der Waals surface area contributed by atoms with Gasteiger partial charge in [-0.2, -0.15) is 0 Å². The molecule has 4 atom stereocenters. The van der Waals surface area contributed by atoms with Crippen molar-refractivity contribution in [2.24, 2.45) is 5.92 Å². The molecule has 7 N–H and O–H groups in total. The van der Waals surface area contributed by atoms with Gasteiger partial charge in [0.2, 0.25) is 29.5 Å². The molecule has 5 aliphatic rings. The van der Waals surface area contributed by atoms with Crippen LogP contribution in [-0.4, -0.2) is 118 Å². The summed E-state index contributed by atoms with van der Waals surface area (Å²) in [6.45, 7) is 2.48. The Kier molecular flexibility index (Phi) is 16.4. The summed E-state index contributed by atoms with van der Waals surface area (Å²) in [6, 6.07) is 10.6. The third-order valence-corrected chi connectivity index (χ3v) is 15.1. The number of carbonyl (C=O) groups is 8. The molecule has 0 spiro atoms. The zero-order valence-corrected chi connectivity index (χ0v) is 42.9. The second-order valence-electron chi connectivity index (χ2n) is 20.2. The Bertz CT molecular complexity index is 3120. The van der Waals surface area contributed by atoms with Crippen molar-refractivity contribution in [3.63, 3.8) is 0 Å². The summed E-state index contributed by atoms with van der Waals surface area (Å²) >= 11 is 0. The van der Waals surface area contributed by atoms with E-state index in [2.05, 4.69) is 31.9 Å². The highest BCUT2D eigenvalue weighted by molar-refractivity contribution is 6.12. The van der Waals surface area contributed by atoms with Crippen LogP contribution in [0.25, 0.3) is 22.3 Å². The van der Waals surface area contributed by atoms with Crippen LogP contribution in [0.1, 0.15) is 103 Å². The van der Waals surface area contributed by atoms with Crippen molar-refractivity contribution >= 4 is 58.2 Å². The molecule has 2 aromatic heterocycles. The summed E-state index contributed by atoms with van der Waals surface area (Å²) in [6.07, 6.45) is 6.91. The predicted octanol–water partition coefficient (Wildman–Crippen LogP) is 1.53. The maximum absolute atomic E-state index is 15.5. The summed E-state index contributed by atoms with van der Waals surface area (Å²) in [5.41, 5.74) is 3.11. The number of aliphatic hydroxyl groups is 1. The molecule has 9 rings (SSSR count). The number of hydrogen-bond donors (Lipinski definition) is 7. The molecular weight excluding hydrogens is 998 g/mol. The van der Waals surface area contributed by atoms with Gasteiger partial charge in [0.25, 0.3) is 17.4 Å². The number of hydrogen-bond acceptors (Lipinski definition) is 14. The third kappa shape index (κ3) is 11.8. The largest absolute Gasteiger partial charge is 0.458 e. The van der Waals surface area contributed by atoms with Gasteiger partial charge in [-0.3, -0.25) is 43.3 Å². The average molecular weight is 1060 g/mol. The van der Waals surface area contributed by atoms with Gasteiger partial charge in [0.05, 0.1) is 54.8 Å². The first-order valence-electron chi connectivity index (χ1n) is 26.2. The predicted molar refractivity (Wildman–Crippen MR) is 274 cm³/mol. The second-order valence-corrected chi connectivity index (χ2v) is 20.2. The minimum atomic E-state index is -2.01. The van der Waals surface area contributed by atoms with Crippen LogP contribution >= 0.6 is 0 Å². The van der Waals surface area contributed by atoms with Gasteiger partial charge >= 0.3 is 5.97 Å². The second kappa shape index (κ2) is 23.3. The molecule has 0 bridgehead atoms. The Morgan fingerprint density at radius 1 is 0.870 bits per heavy atom. The van der Waals surface area contributed by atoms with E-state index in [1.54, 1.807) is 54.8 Å². The number of rotatable bonds is 24. The lowest BCUT2D eigenvalue weighted by Gasteiger charge is -2.31. The number of halogens is 1. The van der Waals surface area contributed by atoms with E-state index in [9.17, 15) is 48.3 Å². The van der Waals surface area contributed by atoms with Crippen LogP contribution in [-0.2, 0) is 79.4 Å². The zero-order valence-electron chi connectivity index (χ0n) is 42.9. The lowest BCUT2D eigenvalue weighted by atomic mass is 9.81. The number of amides is 7. The number of benzene rings is 2. The summed E-state index contributed by atoms with van der Waals surface area (Å²) in [7, 11) is 0. The molecule has 21 nitrogen and oxygen atoms in total. The van der Waals surface area contributed by atoms with Gasteiger partial charge < -0.3 is 51.0 Å². The highest BCUT2D eigenvalue weighted by Gasteiger charge is 2.46. The van der Waals surface area contributed by atoms with E-state index in [1.165, 1.54) is 18.2 Å². The van der Waals surface area contributed by atoms with Crippen molar-refractivity contribution < 1.29 is 57.3 Å². The number of carbonyl (C=O) groups excluding carboxylic acids is 8. The van der Waals surface area contributed by atoms with Gasteiger partial charge in [0.1, 0.15) is 25.2 Å². The number of aromatic nitrogens is 2. The molecule has 1 unspecified atom stereocenters. The molecule has 77 heavy (non-hydrogen) atoms. The van der Waals surface area contributed by atoms with E-state index in [0.29, 0.717) is 61.1 Å². The number of pyridine rings is 2. The standard InChI is InChI=1S/C55H62FN9O12/c1-3-55(75)36-21-41-51-34(27-65(41)53(73)35(36)28-76-54(55)74)50-38(16-15-33-30(2)37(56)22-39(63-51)49(33)50)57-23-42(32-13-14-32)77-29-61-45(68)25-60-52(72)40(20-31-10-6-4-7-11-31)62-46(69)26-59-44(67)24-58-43(66)12-8-5-9-19-64-47(70)17-18-48(64)71/h4,6-7,10-11,17-18,21-22,32,38,40,42,57,75H,3,5,8-9,12-16,19-20,23-29H2,1-2H3,(H,58,66)(H,59,67)(H,60,72)(H,61,68)(H,62,69)/t38-,40-,42?,55-/m0/s1. The molecule has 7 amide bonds. The number of cyclic esters (lactones) is 1. The number of esters is 1. The molecule has 4 aromatic rings. The molecule has 3 aliphatic heterocycles. The lowest BCUT2D eigenvalue weighted by Crippen LogP contribution is -2.52. The highest BCUT2D eigenvalue weighted by atomic mass is 19.1. The van der Waals surface area contributed by atoms with Crippen molar-refractivity contribution in [2.75, 3.05) is 39.5 Å². The number of unbranched alkanes of at least 4 members (excludes halogenated alkanes) is 2. The number of ether oxygens (including phenoxy) is 2. The Hall–Kier alpha value is -7.69. The van der Waals surface area contributed by atoms with Crippen molar-refractivity contribution in [1.29, 1.82) is 0 Å². The van der Waals surface area contributed by atoms with E-state index >= 15 is 4.39 Å². The van der Waals surface area contributed by atoms with E-state index in [1.807, 2.05) is 0 Å². The minimum Gasteiger partial charge on any atom is -0.458 e. The number of aryl methyl sites for hydroxylation is 1. The summed E-state index contributed by atoms with van der Waals surface area (Å²) < 4.78 is 28.6. The Morgan fingerprint density at radius 2 is 1.58 bits per heavy atom. The van der Waals surface area contributed by atoms with Crippen LogP contribution < -0.4 is 37.5 Å². The molecule has 406 valence electrons. The quantitative estimate of drug-likeness (QED) is 0.0200. The monoisotopic (exact) mass is 1060 g/mol. The number of fused-ring (bicyclic) bond motifs is 5. The zero-order chi connectivity index (χ0) is 54.5. The van der Waals surface area contributed by atoms with E-state index in [-0.39, 0.29) is 99.1 Å². The van der Waals surface area contributed by atoms with Crippen LogP contribution in [0.15, 0.2) is 59.4 Å². The van der Waals surface area contributed by atoms with Crippen LogP contribution in [0.4, 0.5) is 4.39 Å². The van der Waals surface area contributed by atoms with Crippen LogP contribution in [0.2, 0.25) is 0 Å². The van der Waals surface area contributed by atoms with Crippen molar-refractivity contribution in [2.45, 2.75) is 115 Å². The summed E-state index contributed by atoms with van der Waals surface area (Å²) in [5, 5.41) is 28.8. The lowest BCUT2D eigenvalue weighted by molar-refractivity contribution is -0.172. The number of imide groups is 1. The molecule has 2 aliphatic carbocycles. The topological polar surface area (TPSA) is 286 Å². The number of nitrogens with one attached hydrogen (secondary N) is 6. The SMILES string of the molecule is CC[C@@]1(O)C(=O)OCc2c1cc1n(c2=O)Cc2c-1nc1cc(F)c(C)c3c1c2[C@@H](NCC(OCNC(=O)CNC(=O)[C@H](Cc1ccccc1)NC(=O)CNC(=O)CNC(=O)CCCCCN1C(=O)C=CC1=O)C1CC1)CC3. The maximum Gasteiger partial charge on any atom is 0.343 e. The van der Waals surface area contributed by atoms with Gasteiger partial charge in [-0.15, -0.1) is 0 Å². The van der Waals surface area contributed by atoms with Crippen LogP contribution in [0.3, 0.4) is 0 Å². The first-order chi connectivity index (χ1) is 37.0. The Balaban J connectivity index is 0.764. The van der Waals surface area contributed by atoms with Crippen molar-refractivity contribution in [1.82, 2.24) is 46.4 Å². The van der Waals surface area contributed by atoms with E-state index in [4.69, 9.17) is 14.5 Å². The fourth-order valence-corrected chi connectivity index (χ4v) is 10.6. The van der Waals surface area contributed by atoms with Gasteiger partial charge in [0, 0.05) is 66.7 Å². The summed E-state index contributed by atoms with van der Waals surface area (Å²) in [4.78, 5) is 121. The third-order valence-electron chi connectivity index (χ3n) is 15.1. The molecule has 22 heteroatoms. The van der Waals surface area contributed by atoms with Crippen LogP contribution in [0.5, 0.6) is 0 Å². The van der Waals surface area contributed by atoms with Crippen LogP contribution in [0, 0.1) is 18.7 Å². The first kappa shape index (κ1) is 54.1. The summed E-state index contributed by atoms with van der Waals surface area (Å²) in [5.74, 6) is -4.61. The molecule has 5 heterocycles. The van der Waals surface area contributed by atoms with Gasteiger partial charge in [-0.05, 0) is 86.1 Å². The maximum atomic E-state index is 15.5. The van der Waals surface area contributed by atoms with Crippen molar-refractivity contribution in [3.8, 4) is 11.4 Å². The smallest absolute Gasteiger partial charge is 0.343 e. The molecule has 1 fully saturated rings. The average Bonchev–Trinajstić information content (AvgIpc) is 4.31. The minimum absolute atomic E-state index is 0.00859. The molecule has 0 radical (unpaired) electrons. The first-order valence-corrected chi connectivity index (χ1v) is 26.2. The van der Waals surface area contributed by atoms with Gasteiger partial charge in [-0.1, -0.05) is 43.7 Å².